The smallest absolute Gasteiger partial charge is 0.281 e. The highest BCUT2D eigenvalue weighted by Gasteiger charge is 2.14. The molecule has 0 spiro atoms. The van der Waals surface area contributed by atoms with Gasteiger partial charge in [0.1, 0.15) is 4.24 Å². The number of rotatable bonds is 1. The molecular formula is C4H5NO3S2. The van der Waals surface area contributed by atoms with Crippen LogP contribution in [0.1, 0.15) is 0 Å². The van der Waals surface area contributed by atoms with Crippen LogP contribution in [0.15, 0.2) is 15.4 Å². The Morgan fingerprint density at radius 1 is 1.70 bits per heavy atom. The third-order valence-corrected chi connectivity index (χ3v) is 3.14. The van der Waals surface area contributed by atoms with Crippen LogP contribution in [0, 0.1) is 0 Å². The van der Waals surface area contributed by atoms with Crippen LogP contribution in [0.25, 0.3) is 0 Å². The molecule has 0 aliphatic carbocycles. The van der Waals surface area contributed by atoms with Gasteiger partial charge in [-0.2, -0.15) is 8.42 Å². The molecule has 6 heteroatoms. The minimum Gasteiger partial charge on any atom is -0.281 e. The van der Waals surface area contributed by atoms with Crippen LogP contribution in [-0.2, 0) is 10.1 Å². The first-order chi connectivity index (χ1) is 4.61. The molecule has 0 aromatic carbocycles. The molecule has 1 heterocycles. The Kier molecular flexibility index (Phi) is 2.12. The van der Waals surface area contributed by atoms with Crippen molar-refractivity contribution in [1.29, 1.82) is 0 Å². The molecule has 56 valence electrons. The third kappa shape index (κ3) is 1.83. The first-order valence-electron chi connectivity index (χ1n) is 2.43. The summed E-state index contributed by atoms with van der Waals surface area (Å²) in [5.41, 5.74) is 0. The van der Waals surface area contributed by atoms with Crippen molar-refractivity contribution in [1.82, 2.24) is 0 Å². The van der Waals surface area contributed by atoms with E-state index in [0.29, 0.717) is 5.75 Å². The fourth-order valence-electron chi connectivity index (χ4n) is 0.454. The lowest BCUT2D eigenvalue weighted by molar-refractivity contribution is 0.493. The summed E-state index contributed by atoms with van der Waals surface area (Å²) >= 11 is 1.04. The van der Waals surface area contributed by atoms with Gasteiger partial charge in [0.25, 0.3) is 0 Å². The maximum Gasteiger partial charge on any atom is 0.302 e. The molecule has 1 aliphatic heterocycles. The molecule has 0 amide bonds. The lowest BCUT2D eigenvalue weighted by Crippen LogP contribution is -2.01. The van der Waals surface area contributed by atoms with Crippen molar-refractivity contribution in [3.8, 4) is 0 Å². The van der Waals surface area contributed by atoms with E-state index < -0.39 is 10.1 Å². The maximum atomic E-state index is 10.4. The number of aliphatic imine (C=N–C) groups is 1. The molecule has 0 aromatic rings. The second-order valence-electron chi connectivity index (χ2n) is 1.57. The van der Waals surface area contributed by atoms with E-state index in [1.54, 1.807) is 6.21 Å². The molecule has 0 atom stereocenters. The predicted molar refractivity (Wildman–Crippen MR) is 40.6 cm³/mol. The largest absolute Gasteiger partial charge is 0.302 e. The van der Waals surface area contributed by atoms with E-state index in [9.17, 15) is 8.42 Å². The molecule has 0 saturated heterocycles. The summed E-state index contributed by atoms with van der Waals surface area (Å²) in [4.78, 5) is 3.58. The SMILES string of the molecule is O=S(=O)(O)C1=CN=CCS1. The lowest BCUT2D eigenvalue weighted by Gasteiger charge is -2.02. The van der Waals surface area contributed by atoms with Crippen LogP contribution in [-0.4, -0.2) is 24.9 Å². The maximum absolute atomic E-state index is 10.4. The summed E-state index contributed by atoms with van der Waals surface area (Å²) < 4.78 is 29.1. The van der Waals surface area contributed by atoms with E-state index in [4.69, 9.17) is 4.55 Å². The molecule has 0 radical (unpaired) electrons. The summed E-state index contributed by atoms with van der Waals surface area (Å²) in [5, 5.41) is 0. The molecule has 0 fully saturated rings. The van der Waals surface area contributed by atoms with Crippen molar-refractivity contribution in [2.75, 3.05) is 5.75 Å². The standard InChI is InChI=1S/C4H5NO3S2/c6-10(7,8)4-3-5-1-2-9-4/h1,3H,2H2,(H,6,7,8). The Morgan fingerprint density at radius 3 is 2.70 bits per heavy atom. The van der Waals surface area contributed by atoms with Crippen molar-refractivity contribution in [2.24, 2.45) is 4.99 Å². The normalized spacial score (nSPS) is 18.7. The summed E-state index contributed by atoms with van der Waals surface area (Å²) in [6.07, 6.45) is 2.70. The minimum absolute atomic E-state index is 0.0880. The van der Waals surface area contributed by atoms with Crippen LogP contribution in [0.5, 0.6) is 0 Å². The van der Waals surface area contributed by atoms with Crippen LogP contribution in [0.3, 0.4) is 0 Å². The average Bonchev–Trinajstić information content (AvgIpc) is 1.88. The lowest BCUT2D eigenvalue weighted by atomic mass is 10.8. The Labute approximate surface area is 62.8 Å². The minimum atomic E-state index is -4.02. The number of hydrogen-bond donors (Lipinski definition) is 1. The second-order valence-corrected chi connectivity index (χ2v) is 4.28. The number of thioether (sulfide) groups is 1. The van der Waals surface area contributed by atoms with Gasteiger partial charge in [-0.3, -0.25) is 9.55 Å². The fraction of sp³-hybridized carbons (Fsp3) is 0.250. The first kappa shape index (κ1) is 7.77. The van der Waals surface area contributed by atoms with E-state index in [2.05, 4.69) is 4.99 Å². The van der Waals surface area contributed by atoms with Crippen molar-refractivity contribution < 1.29 is 13.0 Å². The van der Waals surface area contributed by atoms with Gasteiger partial charge in [0.05, 0.1) is 6.20 Å². The topological polar surface area (TPSA) is 66.7 Å². The number of hydrogen-bond acceptors (Lipinski definition) is 4. The van der Waals surface area contributed by atoms with Gasteiger partial charge in [0.2, 0.25) is 0 Å². The summed E-state index contributed by atoms with van der Waals surface area (Å²) in [7, 11) is -4.02. The van der Waals surface area contributed by atoms with Gasteiger partial charge in [-0.15, -0.1) is 11.8 Å². The van der Waals surface area contributed by atoms with E-state index in [1.165, 1.54) is 0 Å². The van der Waals surface area contributed by atoms with Crippen LogP contribution >= 0.6 is 11.8 Å². The zero-order valence-electron chi connectivity index (χ0n) is 4.89. The van der Waals surface area contributed by atoms with E-state index in [-0.39, 0.29) is 4.24 Å². The van der Waals surface area contributed by atoms with Crippen molar-refractivity contribution in [3.63, 3.8) is 0 Å². The van der Waals surface area contributed by atoms with Gasteiger partial charge in [0.15, 0.2) is 0 Å². The molecule has 1 N–H and O–H groups in total. The highest BCUT2D eigenvalue weighted by Crippen LogP contribution is 2.22. The second kappa shape index (κ2) is 2.73. The molecule has 10 heavy (non-hydrogen) atoms. The van der Waals surface area contributed by atoms with Gasteiger partial charge >= 0.3 is 10.1 Å². The zero-order chi connectivity index (χ0) is 7.61. The molecule has 0 saturated carbocycles. The van der Waals surface area contributed by atoms with Crippen molar-refractivity contribution >= 4 is 28.1 Å². The van der Waals surface area contributed by atoms with E-state index in [1.807, 2.05) is 0 Å². The highest BCUT2D eigenvalue weighted by molar-refractivity contribution is 8.17. The van der Waals surface area contributed by atoms with Gasteiger partial charge < -0.3 is 0 Å². The van der Waals surface area contributed by atoms with Crippen molar-refractivity contribution in [2.45, 2.75) is 0 Å². The van der Waals surface area contributed by atoms with Gasteiger partial charge in [0, 0.05) is 12.0 Å². The summed E-state index contributed by atoms with van der Waals surface area (Å²) in [5.74, 6) is 0.492. The molecule has 1 rings (SSSR count). The third-order valence-electron chi connectivity index (χ3n) is 0.840. The fourth-order valence-corrected chi connectivity index (χ4v) is 1.91. The summed E-state index contributed by atoms with van der Waals surface area (Å²) in [6.45, 7) is 0. The Balaban J connectivity index is 2.93. The Hall–Kier alpha value is -0.330. The summed E-state index contributed by atoms with van der Waals surface area (Å²) in [6, 6.07) is 0. The van der Waals surface area contributed by atoms with E-state index in [0.717, 1.165) is 18.0 Å². The monoisotopic (exact) mass is 179 g/mol. The van der Waals surface area contributed by atoms with Gasteiger partial charge in [-0.05, 0) is 0 Å². The predicted octanol–water partition coefficient (Wildman–Crippen LogP) is 0.491. The van der Waals surface area contributed by atoms with Gasteiger partial charge in [-0.25, -0.2) is 0 Å². The Morgan fingerprint density at radius 2 is 2.40 bits per heavy atom. The number of nitrogens with zero attached hydrogens (tertiary/aromatic N) is 1. The Bertz CT molecular complexity index is 277. The zero-order valence-corrected chi connectivity index (χ0v) is 6.52. The highest BCUT2D eigenvalue weighted by atomic mass is 32.3. The van der Waals surface area contributed by atoms with E-state index >= 15 is 0 Å². The van der Waals surface area contributed by atoms with Gasteiger partial charge in [-0.1, -0.05) is 0 Å². The molecule has 4 nitrogen and oxygen atoms in total. The molecular weight excluding hydrogens is 174 g/mol. The molecule has 0 aromatic heterocycles. The average molecular weight is 179 g/mol. The van der Waals surface area contributed by atoms with Crippen LogP contribution in [0.2, 0.25) is 0 Å². The molecule has 0 unspecified atom stereocenters. The first-order valence-corrected chi connectivity index (χ1v) is 4.85. The van der Waals surface area contributed by atoms with Crippen LogP contribution in [0.4, 0.5) is 0 Å². The van der Waals surface area contributed by atoms with Crippen LogP contribution < -0.4 is 0 Å². The van der Waals surface area contributed by atoms with Crippen molar-refractivity contribution in [3.05, 3.63) is 10.4 Å². The molecule has 0 bridgehead atoms. The molecule has 1 aliphatic rings. The quantitative estimate of drug-likeness (QED) is 0.595.